The maximum atomic E-state index is 12.2. The molecule has 0 saturated heterocycles. The van der Waals surface area contributed by atoms with E-state index in [2.05, 4.69) is 10.2 Å². The molecule has 0 aliphatic heterocycles. The predicted molar refractivity (Wildman–Crippen MR) is 91.2 cm³/mol. The first-order valence-corrected chi connectivity index (χ1v) is 10.2. The van der Waals surface area contributed by atoms with Crippen molar-refractivity contribution in [1.82, 2.24) is 0 Å². The van der Waals surface area contributed by atoms with Crippen LogP contribution in [0.15, 0.2) is 68.6 Å². The summed E-state index contributed by atoms with van der Waals surface area (Å²) in [5.41, 5.74) is -0.311. The van der Waals surface area contributed by atoms with Gasteiger partial charge < -0.3 is 14.8 Å². The zero-order chi connectivity index (χ0) is 20.7. The third-order valence-corrected chi connectivity index (χ3v) is 5.35. The number of azo groups is 1. The number of rotatable bonds is 4. The molecule has 0 atom stereocenters. The van der Waals surface area contributed by atoms with E-state index in [0.717, 1.165) is 18.2 Å². The van der Waals surface area contributed by atoms with E-state index in [1.165, 1.54) is 24.3 Å². The molecule has 0 fully saturated rings. The van der Waals surface area contributed by atoms with Gasteiger partial charge in [-0.2, -0.15) is 18.6 Å². The van der Waals surface area contributed by atoms with Crippen molar-refractivity contribution in [3.05, 3.63) is 48.5 Å². The molecule has 0 spiro atoms. The van der Waals surface area contributed by atoms with Crippen LogP contribution < -0.4 is 98.9 Å². The van der Waals surface area contributed by atoms with Crippen molar-refractivity contribution < 1.29 is 125 Å². The molecule has 0 aromatic heterocycles. The zero-order valence-electron chi connectivity index (χ0n) is 16.6. The van der Waals surface area contributed by atoms with Crippen molar-refractivity contribution in [3.8, 4) is 11.5 Å². The van der Waals surface area contributed by atoms with Crippen LogP contribution >= 0.6 is 0 Å². The van der Waals surface area contributed by atoms with Crippen LogP contribution in [-0.4, -0.2) is 25.9 Å². The molecule has 0 radical (unpaired) electrons. The molecule has 0 saturated carbocycles. The van der Waals surface area contributed by atoms with Gasteiger partial charge in [0.25, 0.3) is 10.1 Å². The summed E-state index contributed by atoms with van der Waals surface area (Å²) < 4.78 is 66.8. The first-order chi connectivity index (χ1) is 13.0. The smallest absolute Gasteiger partial charge is 0.872 e. The minimum atomic E-state index is -5.05. The van der Waals surface area contributed by atoms with Crippen LogP contribution in [0.5, 0.6) is 11.5 Å². The van der Waals surface area contributed by atoms with Crippen LogP contribution in [0, 0.1) is 0 Å². The summed E-state index contributed by atoms with van der Waals surface area (Å²) in [6.07, 6.45) is 0. The molecule has 3 aromatic carbocycles. The largest absolute Gasteiger partial charge is 1.00 e. The third-order valence-electron chi connectivity index (χ3n) is 3.66. The van der Waals surface area contributed by atoms with Gasteiger partial charge in [-0.25, -0.2) is 8.42 Å². The maximum absolute atomic E-state index is 12.2. The predicted octanol–water partition coefficient (Wildman–Crippen LogP) is -7.43. The average Bonchev–Trinajstić information content (AvgIpc) is 2.60. The Hall–Kier alpha value is -0.0600. The van der Waals surface area contributed by atoms with E-state index < -0.39 is 46.9 Å². The molecule has 0 aliphatic carbocycles. The summed E-state index contributed by atoms with van der Waals surface area (Å²) in [4.78, 5) is -1.87. The number of benzene rings is 3. The Kier molecular flexibility index (Phi) is 11.9. The Morgan fingerprint density at radius 3 is 1.90 bits per heavy atom. The van der Waals surface area contributed by atoms with Crippen LogP contribution in [0.1, 0.15) is 0 Å². The minimum Gasteiger partial charge on any atom is -0.872 e. The average molecular weight is 490 g/mol. The van der Waals surface area contributed by atoms with Crippen LogP contribution in [0.25, 0.3) is 10.8 Å². The van der Waals surface area contributed by atoms with Crippen molar-refractivity contribution in [2.45, 2.75) is 9.79 Å². The van der Waals surface area contributed by atoms with Crippen molar-refractivity contribution in [1.29, 1.82) is 0 Å². The first-order valence-electron chi connectivity index (χ1n) is 7.37. The quantitative estimate of drug-likeness (QED) is 0.213. The number of hydrogen-bond donors (Lipinski definition) is 1. The molecule has 0 amide bonds. The number of fused-ring (bicyclic) bond motifs is 1. The maximum Gasteiger partial charge on any atom is 1.00 e. The van der Waals surface area contributed by atoms with E-state index in [-0.39, 0.29) is 105 Å². The van der Waals surface area contributed by atoms with Gasteiger partial charge in [-0.1, -0.05) is 30.0 Å². The molecule has 31 heavy (non-hydrogen) atoms. The summed E-state index contributed by atoms with van der Waals surface area (Å²) in [5, 5.41) is 30.2. The van der Waals surface area contributed by atoms with Crippen LogP contribution in [0.3, 0.4) is 0 Å². The summed E-state index contributed by atoms with van der Waals surface area (Å²) in [6, 6.07) is 8.40. The van der Waals surface area contributed by atoms with Crippen LogP contribution in [0.2, 0.25) is 0 Å². The Balaban J connectivity index is 0.00000300. The van der Waals surface area contributed by atoms with Gasteiger partial charge in [0, 0.05) is 5.39 Å². The fraction of sp³-hybridized carbons (Fsp3) is 0. The van der Waals surface area contributed by atoms with Gasteiger partial charge in [0.2, 0.25) is 0 Å². The first kappa shape index (κ1) is 30.9. The van der Waals surface area contributed by atoms with E-state index in [0.29, 0.717) is 6.07 Å². The molecule has 3 rings (SSSR count). The van der Waals surface area contributed by atoms with E-state index in [9.17, 15) is 36.2 Å². The van der Waals surface area contributed by atoms with Gasteiger partial charge in [0.1, 0.15) is 15.0 Å². The summed E-state index contributed by atoms with van der Waals surface area (Å²) >= 11 is 0. The third kappa shape index (κ3) is 7.47. The summed E-state index contributed by atoms with van der Waals surface area (Å²) in [7, 11) is -10.1. The fourth-order valence-corrected chi connectivity index (χ4v) is 3.79. The SMILES string of the molecule is O=S(=O)([O-])c1cc(S(=O)(=O)O)c2c(N=Nc3ccc([O-])cc3)c([O-])ccc2c1.[Na+].[Na+].[Na+]. The van der Waals surface area contributed by atoms with Gasteiger partial charge in [0.05, 0.1) is 16.3 Å². The normalized spacial score (nSPS) is 11.4. The summed E-state index contributed by atoms with van der Waals surface area (Å²) in [5.74, 6) is -1.05. The van der Waals surface area contributed by atoms with Crippen molar-refractivity contribution >= 4 is 42.4 Å². The molecule has 0 unspecified atom stereocenters. The molecular formula is C16H9N2Na3O8S2. The second kappa shape index (κ2) is 11.9. The molecule has 0 bridgehead atoms. The van der Waals surface area contributed by atoms with Gasteiger partial charge in [-0.05, 0) is 29.7 Å². The Bertz CT molecular complexity index is 1330. The second-order valence-electron chi connectivity index (χ2n) is 5.55. The van der Waals surface area contributed by atoms with Gasteiger partial charge in [-0.3, -0.25) is 4.55 Å². The molecule has 0 aliphatic rings. The van der Waals surface area contributed by atoms with Crippen LogP contribution in [0.4, 0.5) is 11.4 Å². The van der Waals surface area contributed by atoms with E-state index in [1.54, 1.807) is 0 Å². The van der Waals surface area contributed by atoms with Gasteiger partial charge in [0.15, 0.2) is 0 Å². The van der Waals surface area contributed by atoms with Crippen LogP contribution in [-0.2, 0) is 20.2 Å². The Morgan fingerprint density at radius 1 is 0.806 bits per heavy atom. The Morgan fingerprint density at radius 2 is 1.39 bits per heavy atom. The van der Waals surface area contributed by atoms with Crippen molar-refractivity contribution in [3.63, 3.8) is 0 Å². The molecule has 0 heterocycles. The molecule has 15 heteroatoms. The van der Waals surface area contributed by atoms with E-state index in [4.69, 9.17) is 0 Å². The van der Waals surface area contributed by atoms with Gasteiger partial charge >= 0.3 is 88.7 Å². The Labute approximate surface area is 244 Å². The molecule has 146 valence electrons. The molecular weight excluding hydrogens is 481 g/mol. The number of hydrogen-bond acceptors (Lipinski definition) is 9. The summed E-state index contributed by atoms with van der Waals surface area (Å²) in [6.45, 7) is 0. The monoisotopic (exact) mass is 490 g/mol. The standard InChI is InChI=1S/C16H12N2O8S2.3Na/c19-11-4-2-10(3-5-11)17-18-16-13(20)6-1-9-7-12(27(21,22)23)8-14(15(9)16)28(24,25)26;;;/h1-8,19-20H,(H,21,22,23)(H,24,25,26);;;/q;3*+1/p-3. The second-order valence-corrected chi connectivity index (χ2v) is 8.32. The molecule has 3 aromatic rings. The minimum absolute atomic E-state index is 0. The van der Waals surface area contributed by atoms with Crippen molar-refractivity contribution in [2.24, 2.45) is 10.2 Å². The topological polar surface area (TPSA) is 182 Å². The van der Waals surface area contributed by atoms with E-state index >= 15 is 0 Å². The molecule has 1 N–H and O–H groups in total. The zero-order valence-corrected chi connectivity index (χ0v) is 24.3. The van der Waals surface area contributed by atoms with Crippen molar-refractivity contribution in [2.75, 3.05) is 0 Å². The van der Waals surface area contributed by atoms with Gasteiger partial charge in [-0.15, -0.1) is 5.75 Å². The fourth-order valence-electron chi connectivity index (χ4n) is 2.43. The molecule has 10 nitrogen and oxygen atoms in total. The number of nitrogens with zero attached hydrogens (tertiary/aromatic N) is 2. The van der Waals surface area contributed by atoms with E-state index in [1.807, 2.05) is 0 Å².